The molecule has 0 spiro atoms. The summed E-state index contributed by atoms with van der Waals surface area (Å²) in [6.45, 7) is 1.75. The van der Waals surface area contributed by atoms with E-state index in [9.17, 15) is 5.26 Å². The number of nitriles is 1. The third kappa shape index (κ3) is 4.29. The number of ether oxygens (including phenoxy) is 1. The van der Waals surface area contributed by atoms with Gasteiger partial charge in [0, 0.05) is 13.2 Å². The van der Waals surface area contributed by atoms with Crippen molar-refractivity contribution in [2.45, 2.75) is 63.5 Å². The molecule has 0 aromatic heterocycles. The summed E-state index contributed by atoms with van der Waals surface area (Å²) in [7, 11) is 0. The SMILES string of the molecule is N#CC(CC1CCCCC1)NCC1CCCO1. The summed E-state index contributed by atoms with van der Waals surface area (Å²) in [6, 6.07) is 2.44. The Morgan fingerprint density at radius 3 is 2.65 bits per heavy atom. The van der Waals surface area contributed by atoms with Crippen LogP contribution in [-0.4, -0.2) is 25.3 Å². The molecule has 0 amide bonds. The van der Waals surface area contributed by atoms with E-state index in [1.54, 1.807) is 0 Å². The van der Waals surface area contributed by atoms with Crippen molar-refractivity contribution >= 4 is 0 Å². The Hall–Kier alpha value is -0.590. The molecule has 1 heterocycles. The number of rotatable bonds is 5. The van der Waals surface area contributed by atoms with Crippen molar-refractivity contribution in [2.24, 2.45) is 5.92 Å². The van der Waals surface area contributed by atoms with Crippen LogP contribution in [0.1, 0.15) is 51.4 Å². The molecule has 1 saturated heterocycles. The van der Waals surface area contributed by atoms with Gasteiger partial charge in [0.1, 0.15) is 0 Å². The van der Waals surface area contributed by atoms with Gasteiger partial charge in [-0.05, 0) is 25.2 Å². The lowest BCUT2D eigenvalue weighted by Gasteiger charge is -2.24. The molecule has 1 N–H and O–H groups in total. The van der Waals surface area contributed by atoms with E-state index in [0.717, 1.165) is 31.9 Å². The molecule has 3 nitrogen and oxygen atoms in total. The minimum absolute atomic E-state index is 0.0299. The third-order valence-corrected chi connectivity index (χ3v) is 4.07. The maximum absolute atomic E-state index is 9.18. The van der Waals surface area contributed by atoms with E-state index < -0.39 is 0 Å². The van der Waals surface area contributed by atoms with E-state index >= 15 is 0 Å². The fourth-order valence-corrected chi connectivity index (χ4v) is 3.02. The standard InChI is InChI=1S/C14H24N2O/c15-10-13(9-12-5-2-1-3-6-12)16-11-14-7-4-8-17-14/h12-14,16H,1-9,11H2. The fraction of sp³-hybridized carbons (Fsp3) is 0.929. The monoisotopic (exact) mass is 236 g/mol. The van der Waals surface area contributed by atoms with Gasteiger partial charge >= 0.3 is 0 Å². The smallest absolute Gasteiger partial charge is 0.0956 e. The topological polar surface area (TPSA) is 45.0 Å². The molecule has 1 aliphatic heterocycles. The minimum Gasteiger partial charge on any atom is -0.377 e. The second-order valence-corrected chi connectivity index (χ2v) is 5.46. The van der Waals surface area contributed by atoms with Gasteiger partial charge in [-0.2, -0.15) is 5.26 Å². The van der Waals surface area contributed by atoms with Gasteiger partial charge < -0.3 is 4.74 Å². The zero-order valence-corrected chi connectivity index (χ0v) is 10.7. The summed E-state index contributed by atoms with van der Waals surface area (Å²) in [6.07, 6.45) is 10.4. The first-order chi connectivity index (χ1) is 8.38. The molecule has 2 atom stereocenters. The minimum atomic E-state index is 0.0299. The first-order valence-corrected chi connectivity index (χ1v) is 7.13. The van der Waals surface area contributed by atoms with Gasteiger partial charge in [-0.1, -0.05) is 32.1 Å². The zero-order valence-electron chi connectivity index (χ0n) is 10.7. The lowest BCUT2D eigenvalue weighted by molar-refractivity contribution is 0.108. The van der Waals surface area contributed by atoms with E-state index in [4.69, 9.17) is 4.74 Å². The van der Waals surface area contributed by atoms with Crippen molar-refractivity contribution in [3.05, 3.63) is 0 Å². The van der Waals surface area contributed by atoms with Gasteiger partial charge in [0.2, 0.25) is 0 Å². The first kappa shape index (κ1) is 12.9. The first-order valence-electron chi connectivity index (χ1n) is 7.13. The van der Waals surface area contributed by atoms with Crippen LogP contribution in [0, 0.1) is 17.2 Å². The summed E-state index contributed by atoms with van der Waals surface area (Å²) in [5.41, 5.74) is 0. The lowest BCUT2D eigenvalue weighted by atomic mass is 9.85. The molecule has 1 aliphatic carbocycles. The molecule has 96 valence electrons. The van der Waals surface area contributed by atoms with Crippen molar-refractivity contribution in [3.63, 3.8) is 0 Å². The van der Waals surface area contributed by atoms with Gasteiger partial charge in [-0.3, -0.25) is 5.32 Å². The summed E-state index contributed by atoms with van der Waals surface area (Å²) in [5, 5.41) is 12.5. The van der Waals surface area contributed by atoms with Crippen LogP contribution < -0.4 is 5.32 Å². The van der Waals surface area contributed by atoms with Crippen LogP contribution in [0.4, 0.5) is 0 Å². The van der Waals surface area contributed by atoms with E-state index in [0.29, 0.717) is 6.10 Å². The van der Waals surface area contributed by atoms with Crippen LogP contribution in [0.5, 0.6) is 0 Å². The highest BCUT2D eigenvalue weighted by atomic mass is 16.5. The summed E-state index contributed by atoms with van der Waals surface area (Å²) >= 11 is 0. The summed E-state index contributed by atoms with van der Waals surface area (Å²) in [4.78, 5) is 0. The Labute approximate surface area is 105 Å². The predicted molar refractivity (Wildman–Crippen MR) is 67.6 cm³/mol. The Balaban J connectivity index is 1.66. The second kappa shape index (κ2) is 6.98. The lowest BCUT2D eigenvalue weighted by Crippen LogP contribution is -2.36. The van der Waals surface area contributed by atoms with Crippen molar-refractivity contribution in [3.8, 4) is 6.07 Å². The van der Waals surface area contributed by atoms with E-state index in [-0.39, 0.29) is 6.04 Å². The molecule has 2 rings (SSSR count). The van der Waals surface area contributed by atoms with Crippen LogP contribution in [0.25, 0.3) is 0 Å². The van der Waals surface area contributed by atoms with Gasteiger partial charge in [0.05, 0.1) is 18.2 Å². The maximum Gasteiger partial charge on any atom is 0.0956 e. The average molecular weight is 236 g/mol. The number of nitrogens with zero attached hydrogens (tertiary/aromatic N) is 1. The van der Waals surface area contributed by atoms with Gasteiger partial charge in [0.15, 0.2) is 0 Å². The summed E-state index contributed by atoms with van der Waals surface area (Å²) < 4.78 is 5.57. The molecule has 3 heteroatoms. The summed E-state index contributed by atoms with van der Waals surface area (Å²) in [5.74, 6) is 0.769. The fourth-order valence-electron chi connectivity index (χ4n) is 3.02. The highest BCUT2D eigenvalue weighted by molar-refractivity contribution is 4.92. The molecular formula is C14H24N2O. The molecule has 17 heavy (non-hydrogen) atoms. The quantitative estimate of drug-likeness (QED) is 0.798. The molecule has 0 bridgehead atoms. The zero-order chi connectivity index (χ0) is 11.9. The molecule has 2 aliphatic rings. The van der Waals surface area contributed by atoms with Gasteiger partial charge in [0.25, 0.3) is 0 Å². The predicted octanol–water partition coefficient (Wildman–Crippen LogP) is 2.62. The van der Waals surface area contributed by atoms with Gasteiger partial charge in [-0.15, -0.1) is 0 Å². The molecule has 0 aromatic rings. The van der Waals surface area contributed by atoms with Crippen molar-refractivity contribution in [2.75, 3.05) is 13.2 Å². The Kier molecular flexibility index (Phi) is 5.28. The Morgan fingerprint density at radius 1 is 1.18 bits per heavy atom. The molecule has 1 saturated carbocycles. The largest absolute Gasteiger partial charge is 0.377 e. The number of hydrogen-bond donors (Lipinski definition) is 1. The molecule has 2 unspecified atom stereocenters. The molecule has 2 fully saturated rings. The van der Waals surface area contributed by atoms with Crippen LogP contribution >= 0.6 is 0 Å². The van der Waals surface area contributed by atoms with E-state index in [1.165, 1.54) is 38.5 Å². The Bertz CT molecular complexity index is 249. The van der Waals surface area contributed by atoms with Crippen molar-refractivity contribution in [1.82, 2.24) is 5.32 Å². The number of hydrogen-bond acceptors (Lipinski definition) is 3. The van der Waals surface area contributed by atoms with Crippen molar-refractivity contribution < 1.29 is 4.74 Å². The Morgan fingerprint density at radius 2 is 2.00 bits per heavy atom. The third-order valence-electron chi connectivity index (χ3n) is 4.07. The van der Waals surface area contributed by atoms with Crippen LogP contribution in [0.15, 0.2) is 0 Å². The van der Waals surface area contributed by atoms with Crippen LogP contribution in [0.3, 0.4) is 0 Å². The van der Waals surface area contributed by atoms with Gasteiger partial charge in [-0.25, -0.2) is 0 Å². The second-order valence-electron chi connectivity index (χ2n) is 5.46. The van der Waals surface area contributed by atoms with Crippen molar-refractivity contribution in [1.29, 1.82) is 5.26 Å². The highest BCUT2D eigenvalue weighted by Gasteiger charge is 2.21. The van der Waals surface area contributed by atoms with Crippen LogP contribution in [0.2, 0.25) is 0 Å². The molecule has 0 aromatic carbocycles. The highest BCUT2D eigenvalue weighted by Crippen LogP contribution is 2.27. The number of nitrogens with one attached hydrogen (secondary N) is 1. The van der Waals surface area contributed by atoms with E-state index in [2.05, 4.69) is 11.4 Å². The maximum atomic E-state index is 9.18. The average Bonchev–Trinajstić information content (AvgIpc) is 2.89. The normalized spacial score (nSPS) is 27.8. The molecule has 0 radical (unpaired) electrons. The molecular weight excluding hydrogens is 212 g/mol. The van der Waals surface area contributed by atoms with Crippen LogP contribution in [-0.2, 0) is 4.74 Å². The van der Waals surface area contributed by atoms with E-state index in [1.807, 2.05) is 0 Å².